The number of nitrogens with one attached hydrogen (secondary N) is 2. The van der Waals surface area contributed by atoms with Gasteiger partial charge >= 0.3 is 0 Å². The maximum atomic E-state index is 12.3. The predicted molar refractivity (Wildman–Crippen MR) is 164 cm³/mol. The fourth-order valence-corrected chi connectivity index (χ4v) is 3.68. The molecular weight excluding hydrogens is 558 g/mol. The number of hydrogen-bond acceptors (Lipinski definition) is 9. The molecule has 0 saturated heterocycles. The Morgan fingerprint density at radius 2 is 1.71 bits per heavy atom. The molecule has 1 atom stereocenters. The summed E-state index contributed by atoms with van der Waals surface area (Å²) in [5.74, 6) is 7.13. The molecule has 0 aliphatic carbocycles. The summed E-state index contributed by atoms with van der Waals surface area (Å²) in [7, 11) is 0. The zero-order valence-electron chi connectivity index (χ0n) is 25.4. The van der Waals surface area contributed by atoms with Gasteiger partial charge in [0.1, 0.15) is 24.4 Å². The Morgan fingerprint density at radius 1 is 0.952 bits per heavy atom. The SMILES string of the molecule is CC(C)C#CCOCCNC(=O)CCCOCCOCCOC(COc1cccc(C(=O)NCCC(C)C)c1)SC#N. The van der Waals surface area contributed by atoms with E-state index < -0.39 is 5.44 Å². The first kappa shape index (κ1) is 37.2. The van der Waals surface area contributed by atoms with Crippen molar-refractivity contribution in [1.82, 2.24) is 10.6 Å². The highest BCUT2D eigenvalue weighted by Crippen LogP contribution is 2.17. The predicted octanol–water partition coefficient (Wildman–Crippen LogP) is 4.00. The van der Waals surface area contributed by atoms with E-state index >= 15 is 0 Å². The summed E-state index contributed by atoms with van der Waals surface area (Å²) < 4.78 is 27.8. The fraction of sp³-hybridized carbons (Fsp3) is 0.645. The number of amides is 2. The third-order valence-electron chi connectivity index (χ3n) is 5.40. The third kappa shape index (κ3) is 21.0. The van der Waals surface area contributed by atoms with E-state index in [0.29, 0.717) is 88.7 Å². The minimum atomic E-state index is -0.505. The number of thioether (sulfide) groups is 1. The molecule has 0 aliphatic heterocycles. The Balaban J connectivity index is 2.10. The lowest BCUT2D eigenvalue weighted by Gasteiger charge is -2.16. The number of benzene rings is 1. The van der Waals surface area contributed by atoms with E-state index in [1.54, 1.807) is 24.3 Å². The number of hydrogen-bond donors (Lipinski definition) is 2. The van der Waals surface area contributed by atoms with E-state index in [1.165, 1.54) is 0 Å². The number of nitriles is 1. The number of carbonyl (C=O) groups is 2. The van der Waals surface area contributed by atoms with Crippen LogP contribution in [0.3, 0.4) is 0 Å². The van der Waals surface area contributed by atoms with Crippen molar-refractivity contribution in [3.63, 3.8) is 0 Å². The van der Waals surface area contributed by atoms with E-state index in [-0.39, 0.29) is 25.0 Å². The van der Waals surface area contributed by atoms with Gasteiger partial charge in [-0.05, 0) is 48.7 Å². The first-order chi connectivity index (χ1) is 20.3. The quantitative estimate of drug-likeness (QED) is 0.0823. The standard InChI is InChI=1S/C31H47N3O7S/c1-25(2)8-6-15-37-17-14-33-29(35)11-7-16-38-18-19-39-20-21-40-30(42-24-32)23-41-28-10-5-9-27(22-28)31(36)34-13-12-26(3)4/h5,9-10,22,25-26,30H,7,11-21,23H2,1-4H3,(H,33,35)(H,34,36). The van der Waals surface area contributed by atoms with Crippen molar-refractivity contribution < 1.29 is 33.3 Å². The molecule has 0 aromatic heterocycles. The van der Waals surface area contributed by atoms with Crippen molar-refractivity contribution in [2.45, 2.75) is 52.4 Å². The second-order valence-electron chi connectivity index (χ2n) is 9.99. The molecule has 1 aromatic rings. The van der Waals surface area contributed by atoms with Gasteiger partial charge in [-0.15, -0.1) is 0 Å². The van der Waals surface area contributed by atoms with E-state index in [1.807, 2.05) is 19.2 Å². The monoisotopic (exact) mass is 605 g/mol. The van der Waals surface area contributed by atoms with Crippen LogP contribution < -0.4 is 15.4 Å². The van der Waals surface area contributed by atoms with Crippen molar-refractivity contribution in [3.8, 4) is 23.0 Å². The van der Waals surface area contributed by atoms with Crippen molar-refractivity contribution in [1.29, 1.82) is 5.26 Å². The summed E-state index contributed by atoms with van der Waals surface area (Å²) in [5, 5.41) is 16.8. The van der Waals surface area contributed by atoms with Crippen molar-refractivity contribution >= 4 is 23.6 Å². The molecule has 0 aliphatic rings. The third-order valence-corrected chi connectivity index (χ3v) is 6.04. The largest absolute Gasteiger partial charge is 0.490 e. The maximum absolute atomic E-state index is 12.3. The van der Waals surface area contributed by atoms with Gasteiger partial charge in [0, 0.05) is 37.6 Å². The van der Waals surface area contributed by atoms with E-state index in [0.717, 1.165) is 18.2 Å². The molecule has 0 saturated carbocycles. The first-order valence-corrected chi connectivity index (χ1v) is 15.4. The zero-order chi connectivity index (χ0) is 30.8. The lowest BCUT2D eigenvalue weighted by molar-refractivity contribution is -0.121. The van der Waals surface area contributed by atoms with E-state index in [4.69, 9.17) is 28.9 Å². The Labute approximate surface area is 255 Å². The molecule has 1 unspecified atom stereocenters. The molecule has 0 spiro atoms. The molecule has 1 aromatic carbocycles. The second kappa shape index (κ2) is 24.8. The smallest absolute Gasteiger partial charge is 0.251 e. The van der Waals surface area contributed by atoms with Gasteiger partial charge in [-0.25, -0.2) is 0 Å². The number of thiocyanates is 1. The van der Waals surface area contributed by atoms with Crippen LogP contribution >= 0.6 is 11.8 Å². The van der Waals surface area contributed by atoms with Crippen molar-refractivity contribution in [3.05, 3.63) is 29.8 Å². The lowest BCUT2D eigenvalue weighted by atomic mass is 10.1. The van der Waals surface area contributed by atoms with Gasteiger partial charge in [-0.1, -0.05) is 45.6 Å². The van der Waals surface area contributed by atoms with Crippen LogP contribution in [0.2, 0.25) is 0 Å². The van der Waals surface area contributed by atoms with Gasteiger partial charge in [-0.3, -0.25) is 9.59 Å². The first-order valence-electron chi connectivity index (χ1n) is 14.5. The molecule has 0 fully saturated rings. The van der Waals surface area contributed by atoms with Gasteiger partial charge in [0.05, 0.1) is 33.0 Å². The Morgan fingerprint density at radius 3 is 2.45 bits per heavy atom. The minimum absolute atomic E-state index is 0.0343. The van der Waals surface area contributed by atoms with Gasteiger partial charge in [-0.2, -0.15) is 5.26 Å². The molecule has 10 nitrogen and oxygen atoms in total. The summed E-state index contributed by atoms with van der Waals surface area (Å²) in [4.78, 5) is 24.2. The van der Waals surface area contributed by atoms with Gasteiger partial charge in [0.25, 0.3) is 5.91 Å². The summed E-state index contributed by atoms with van der Waals surface area (Å²) in [6.45, 7) is 12.2. The van der Waals surface area contributed by atoms with Crippen LogP contribution in [0.4, 0.5) is 0 Å². The van der Waals surface area contributed by atoms with Crippen LogP contribution in [0.15, 0.2) is 24.3 Å². The van der Waals surface area contributed by atoms with Crippen LogP contribution in [0, 0.1) is 34.3 Å². The topological polar surface area (TPSA) is 128 Å². The average Bonchev–Trinajstić information content (AvgIpc) is 2.96. The Hall–Kier alpha value is -2.80. The van der Waals surface area contributed by atoms with Crippen LogP contribution in [0.1, 0.15) is 57.3 Å². The zero-order valence-corrected chi connectivity index (χ0v) is 26.3. The van der Waals surface area contributed by atoms with Crippen LogP contribution in [0.5, 0.6) is 5.75 Å². The van der Waals surface area contributed by atoms with Gasteiger partial charge in [0.2, 0.25) is 5.91 Å². The highest BCUT2D eigenvalue weighted by molar-refractivity contribution is 8.04. The Bertz CT molecular complexity index is 989. The molecule has 0 heterocycles. The maximum Gasteiger partial charge on any atom is 0.251 e. The molecule has 234 valence electrons. The molecule has 1 rings (SSSR count). The van der Waals surface area contributed by atoms with Gasteiger partial charge < -0.3 is 34.3 Å². The molecule has 42 heavy (non-hydrogen) atoms. The highest BCUT2D eigenvalue weighted by Gasteiger charge is 2.13. The molecule has 2 N–H and O–H groups in total. The van der Waals surface area contributed by atoms with E-state index in [2.05, 4.69) is 36.3 Å². The van der Waals surface area contributed by atoms with Crippen molar-refractivity contribution in [2.24, 2.45) is 11.8 Å². The molecular formula is C31H47N3O7S. The normalized spacial score (nSPS) is 11.5. The lowest BCUT2D eigenvalue weighted by Crippen LogP contribution is -2.27. The molecule has 2 amide bonds. The molecule has 0 radical (unpaired) electrons. The number of rotatable bonds is 23. The summed E-state index contributed by atoms with van der Waals surface area (Å²) in [5.41, 5.74) is 0.0135. The van der Waals surface area contributed by atoms with Crippen LogP contribution in [0.25, 0.3) is 0 Å². The average molecular weight is 606 g/mol. The minimum Gasteiger partial charge on any atom is -0.490 e. The number of ether oxygens (including phenoxy) is 5. The van der Waals surface area contributed by atoms with Crippen LogP contribution in [-0.4, -0.2) is 83.2 Å². The number of nitrogens with zero attached hydrogens (tertiary/aromatic N) is 1. The van der Waals surface area contributed by atoms with E-state index in [9.17, 15) is 9.59 Å². The van der Waals surface area contributed by atoms with Crippen LogP contribution in [-0.2, 0) is 23.7 Å². The molecule has 11 heteroatoms. The fourth-order valence-electron chi connectivity index (χ4n) is 3.26. The van der Waals surface area contributed by atoms with Gasteiger partial charge in [0.15, 0.2) is 5.44 Å². The number of carbonyl (C=O) groups excluding carboxylic acids is 2. The summed E-state index contributed by atoms with van der Waals surface area (Å²) >= 11 is 0.963. The summed E-state index contributed by atoms with van der Waals surface area (Å²) in [6, 6.07) is 6.93. The molecule has 0 bridgehead atoms. The van der Waals surface area contributed by atoms with Crippen molar-refractivity contribution in [2.75, 3.05) is 65.9 Å². The summed E-state index contributed by atoms with van der Waals surface area (Å²) in [6.07, 6.45) is 1.92. The second-order valence-corrected chi connectivity index (χ2v) is 10.9. The Kier molecular flexibility index (Phi) is 22.0. The highest BCUT2D eigenvalue weighted by atomic mass is 32.2.